The largest absolute Gasteiger partial charge is 0.459 e. The number of aryl methyl sites for hydroxylation is 2. The zero-order valence-electron chi connectivity index (χ0n) is 17.1. The van der Waals surface area contributed by atoms with Crippen molar-refractivity contribution >= 4 is 11.8 Å². The molecule has 4 rings (SSSR count). The van der Waals surface area contributed by atoms with E-state index in [0.29, 0.717) is 37.1 Å². The molecule has 1 aliphatic carbocycles. The summed E-state index contributed by atoms with van der Waals surface area (Å²) in [5.74, 6) is 1.03. The summed E-state index contributed by atoms with van der Waals surface area (Å²) >= 11 is 0. The molecule has 2 aromatic rings. The molecule has 0 spiro atoms. The summed E-state index contributed by atoms with van der Waals surface area (Å²) in [6, 6.07) is 3.38. The Kier molecular flexibility index (Phi) is 5.45. The quantitative estimate of drug-likeness (QED) is 0.822. The van der Waals surface area contributed by atoms with Gasteiger partial charge in [0.15, 0.2) is 5.76 Å². The van der Waals surface area contributed by atoms with Gasteiger partial charge in [0.2, 0.25) is 5.91 Å². The minimum Gasteiger partial charge on any atom is -0.459 e. The highest BCUT2D eigenvalue weighted by atomic mass is 16.5. The van der Waals surface area contributed by atoms with Crippen molar-refractivity contribution in [3.05, 3.63) is 41.6 Å². The van der Waals surface area contributed by atoms with Crippen LogP contribution in [0.1, 0.15) is 34.7 Å². The maximum absolute atomic E-state index is 12.6. The van der Waals surface area contributed by atoms with Gasteiger partial charge in [-0.2, -0.15) is 5.10 Å². The normalized spacial score (nSPS) is 26.4. The number of rotatable bonds is 5. The summed E-state index contributed by atoms with van der Waals surface area (Å²) in [5.41, 5.74) is 1.81. The van der Waals surface area contributed by atoms with Gasteiger partial charge in [0.25, 0.3) is 5.91 Å². The molecule has 1 saturated heterocycles. The van der Waals surface area contributed by atoms with E-state index in [1.807, 2.05) is 25.1 Å². The third-order valence-electron chi connectivity index (χ3n) is 6.25. The summed E-state index contributed by atoms with van der Waals surface area (Å²) < 4.78 is 12.7. The lowest BCUT2D eigenvalue weighted by Crippen LogP contribution is -2.50. The fraction of sp³-hybridized carbons (Fsp3) is 0.571. The SMILES string of the molecule is CO[C@H]1C[C@@H]2CN(C(=O)c3ccco3)C[C@@H]2C[C@@H]1NC(=O)Cc1cn(C)nc1C. The number of nitrogens with zero attached hydrogens (tertiary/aromatic N) is 3. The van der Waals surface area contributed by atoms with Gasteiger partial charge in [-0.15, -0.1) is 0 Å². The summed E-state index contributed by atoms with van der Waals surface area (Å²) in [7, 11) is 3.54. The zero-order valence-corrected chi connectivity index (χ0v) is 17.1. The highest BCUT2D eigenvalue weighted by molar-refractivity contribution is 5.91. The Balaban J connectivity index is 1.38. The van der Waals surface area contributed by atoms with Crippen molar-refractivity contribution in [3.8, 4) is 0 Å². The Labute approximate surface area is 170 Å². The average molecular weight is 400 g/mol. The van der Waals surface area contributed by atoms with Gasteiger partial charge < -0.3 is 19.4 Å². The van der Waals surface area contributed by atoms with Crippen LogP contribution < -0.4 is 5.32 Å². The number of ether oxygens (including phenoxy) is 1. The molecule has 2 amide bonds. The van der Waals surface area contributed by atoms with Crippen LogP contribution >= 0.6 is 0 Å². The molecule has 0 unspecified atom stereocenters. The molecule has 0 aromatic carbocycles. The first-order valence-corrected chi connectivity index (χ1v) is 10.1. The number of carbonyl (C=O) groups is 2. The van der Waals surface area contributed by atoms with E-state index in [0.717, 1.165) is 24.1 Å². The second-order valence-corrected chi connectivity index (χ2v) is 8.22. The Morgan fingerprint density at radius 1 is 1.31 bits per heavy atom. The monoisotopic (exact) mass is 400 g/mol. The summed E-state index contributed by atoms with van der Waals surface area (Å²) in [5, 5.41) is 7.46. The van der Waals surface area contributed by atoms with E-state index in [2.05, 4.69) is 10.4 Å². The lowest BCUT2D eigenvalue weighted by Gasteiger charge is -2.37. The number of methoxy groups -OCH3 is 1. The number of hydrogen-bond donors (Lipinski definition) is 1. The molecule has 1 saturated carbocycles. The molecule has 156 valence electrons. The Bertz CT molecular complexity index is 875. The first-order valence-electron chi connectivity index (χ1n) is 10.1. The number of aromatic nitrogens is 2. The molecule has 29 heavy (non-hydrogen) atoms. The van der Waals surface area contributed by atoms with E-state index < -0.39 is 0 Å². The number of likely N-dealkylation sites (tertiary alicyclic amines) is 1. The summed E-state index contributed by atoms with van der Waals surface area (Å²) in [4.78, 5) is 27.1. The van der Waals surface area contributed by atoms with Crippen LogP contribution in [0.25, 0.3) is 0 Å². The van der Waals surface area contributed by atoms with Crippen LogP contribution in [0.4, 0.5) is 0 Å². The van der Waals surface area contributed by atoms with E-state index in [9.17, 15) is 9.59 Å². The van der Waals surface area contributed by atoms with Gasteiger partial charge in [-0.3, -0.25) is 14.3 Å². The lowest BCUT2D eigenvalue weighted by atomic mass is 9.77. The van der Waals surface area contributed by atoms with E-state index >= 15 is 0 Å². The van der Waals surface area contributed by atoms with Crippen LogP contribution in [0.5, 0.6) is 0 Å². The van der Waals surface area contributed by atoms with E-state index in [1.54, 1.807) is 23.9 Å². The van der Waals surface area contributed by atoms with Crippen molar-refractivity contribution < 1.29 is 18.7 Å². The zero-order chi connectivity index (χ0) is 20.5. The van der Waals surface area contributed by atoms with Gasteiger partial charge in [0, 0.05) is 39.0 Å². The Morgan fingerprint density at radius 2 is 2.07 bits per heavy atom. The van der Waals surface area contributed by atoms with Crippen molar-refractivity contribution in [1.29, 1.82) is 0 Å². The smallest absolute Gasteiger partial charge is 0.289 e. The van der Waals surface area contributed by atoms with Crippen molar-refractivity contribution in [1.82, 2.24) is 20.0 Å². The Hall–Kier alpha value is -2.61. The molecule has 2 aliphatic rings. The maximum atomic E-state index is 12.6. The van der Waals surface area contributed by atoms with E-state index in [-0.39, 0.29) is 24.0 Å². The number of carbonyl (C=O) groups excluding carboxylic acids is 2. The van der Waals surface area contributed by atoms with E-state index in [4.69, 9.17) is 9.15 Å². The van der Waals surface area contributed by atoms with Crippen LogP contribution in [-0.2, 0) is 23.0 Å². The second-order valence-electron chi connectivity index (χ2n) is 8.22. The molecular formula is C21H28N4O4. The average Bonchev–Trinajstić information content (AvgIpc) is 3.41. The minimum atomic E-state index is -0.0639. The topological polar surface area (TPSA) is 89.6 Å². The summed E-state index contributed by atoms with van der Waals surface area (Å²) in [6.45, 7) is 3.31. The van der Waals surface area contributed by atoms with Gasteiger partial charge in [0.1, 0.15) is 0 Å². The highest BCUT2D eigenvalue weighted by Crippen LogP contribution is 2.38. The fourth-order valence-electron chi connectivity index (χ4n) is 4.80. The number of hydrogen-bond acceptors (Lipinski definition) is 5. The molecular weight excluding hydrogens is 372 g/mol. The third kappa shape index (κ3) is 4.07. The predicted molar refractivity (Wildman–Crippen MR) is 105 cm³/mol. The second kappa shape index (κ2) is 8.02. The van der Waals surface area contributed by atoms with Crippen molar-refractivity contribution in [2.24, 2.45) is 18.9 Å². The molecule has 0 bridgehead atoms. The first-order chi connectivity index (χ1) is 13.9. The van der Waals surface area contributed by atoms with Gasteiger partial charge in [-0.1, -0.05) is 0 Å². The molecule has 2 aromatic heterocycles. The highest BCUT2D eigenvalue weighted by Gasteiger charge is 2.44. The van der Waals surface area contributed by atoms with Gasteiger partial charge in [-0.25, -0.2) is 0 Å². The molecule has 1 aliphatic heterocycles. The molecule has 2 fully saturated rings. The predicted octanol–water partition coefficient (Wildman–Crippen LogP) is 1.55. The molecule has 8 nitrogen and oxygen atoms in total. The van der Waals surface area contributed by atoms with Crippen LogP contribution in [0.15, 0.2) is 29.0 Å². The van der Waals surface area contributed by atoms with Crippen LogP contribution in [-0.4, -0.2) is 58.8 Å². The van der Waals surface area contributed by atoms with E-state index in [1.165, 1.54) is 6.26 Å². The number of furan rings is 1. The first kappa shape index (κ1) is 19.7. The molecule has 3 heterocycles. The fourth-order valence-corrected chi connectivity index (χ4v) is 4.80. The van der Waals surface area contributed by atoms with Crippen LogP contribution in [0.3, 0.4) is 0 Å². The maximum Gasteiger partial charge on any atom is 0.289 e. The van der Waals surface area contributed by atoms with Crippen LogP contribution in [0, 0.1) is 18.8 Å². The van der Waals surface area contributed by atoms with Gasteiger partial charge in [0.05, 0.1) is 30.5 Å². The standard InChI is InChI=1S/C21H28N4O4/c1-13-14(10-24(2)23-13)9-20(26)22-17-7-15-11-25(12-16(15)8-19(17)28-3)21(27)18-5-4-6-29-18/h4-6,10,15-17,19H,7-9,11-12H2,1-3H3,(H,22,26)/t15-,16+,17-,19-/m0/s1. The van der Waals surface area contributed by atoms with Gasteiger partial charge in [-0.05, 0) is 43.7 Å². The molecule has 8 heteroatoms. The van der Waals surface area contributed by atoms with Gasteiger partial charge >= 0.3 is 0 Å². The van der Waals surface area contributed by atoms with Crippen molar-refractivity contribution in [2.45, 2.75) is 38.3 Å². The Morgan fingerprint density at radius 3 is 2.69 bits per heavy atom. The van der Waals surface area contributed by atoms with Crippen molar-refractivity contribution in [3.63, 3.8) is 0 Å². The number of fused-ring (bicyclic) bond motifs is 1. The minimum absolute atomic E-state index is 0.0203. The number of amides is 2. The molecule has 0 radical (unpaired) electrons. The summed E-state index contributed by atoms with van der Waals surface area (Å²) in [6.07, 6.45) is 5.31. The number of nitrogens with one attached hydrogen (secondary N) is 1. The van der Waals surface area contributed by atoms with Crippen LogP contribution in [0.2, 0.25) is 0 Å². The molecule has 4 atom stereocenters. The lowest BCUT2D eigenvalue weighted by molar-refractivity contribution is -0.123. The third-order valence-corrected chi connectivity index (χ3v) is 6.25. The molecule has 1 N–H and O–H groups in total. The van der Waals surface area contributed by atoms with Crippen molar-refractivity contribution in [2.75, 3.05) is 20.2 Å².